The summed E-state index contributed by atoms with van der Waals surface area (Å²) in [5.41, 5.74) is -0.679. The first kappa shape index (κ1) is 15.6. The lowest BCUT2D eigenvalue weighted by Crippen LogP contribution is -2.40. The minimum Gasteiger partial charge on any atom is -0.388 e. The van der Waals surface area contributed by atoms with E-state index in [-0.39, 0.29) is 24.1 Å². The van der Waals surface area contributed by atoms with Crippen molar-refractivity contribution in [1.82, 2.24) is 10.3 Å². The van der Waals surface area contributed by atoms with E-state index in [1.807, 2.05) is 6.92 Å². The van der Waals surface area contributed by atoms with Gasteiger partial charge in [-0.2, -0.15) is 0 Å². The van der Waals surface area contributed by atoms with Crippen molar-refractivity contribution >= 4 is 28.3 Å². The molecule has 0 spiro atoms. The lowest BCUT2D eigenvalue weighted by atomic mass is 10.0. The van der Waals surface area contributed by atoms with Crippen LogP contribution in [0.2, 0.25) is 0 Å². The van der Waals surface area contributed by atoms with Crippen LogP contribution in [0.25, 0.3) is 0 Å². The third-order valence-corrected chi connectivity index (χ3v) is 3.20. The monoisotopic (exact) mass is 285 g/mol. The number of thiazole rings is 1. The van der Waals surface area contributed by atoms with Gasteiger partial charge in [0.2, 0.25) is 5.91 Å². The number of amides is 2. The third kappa shape index (κ3) is 5.35. The highest BCUT2D eigenvalue weighted by Gasteiger charge is 2.21. The summed E-state index contributed by atoms with van der Waals surface area (Å²) in [6.07, 6.45) is 1.45. The van der Waals surface area contributed by atoms with Crippen molar-refractivity contribution in [3.05, 3.63) is 11.1 Å². The van der Waals surface area contributed by atoms with E-state index in [0.717, 1.165) is 6.42 Å². The fourth-order valence-corrected chi connectivity index (χ4v) is 2.31. The fraction of sp³-hybridized carbons (Fsp3) is 0.583. The maximum atomic E-state index is 11.8. The van der Waals surface area contributed by atoms with Crippen LogP contribution in [0.5, 0.6) is 0 Å². The molecule has 0 aliphatic heterocycles. The van der Waals surface area contributed by atoms with Crippen molar-refractivity contribution in [3.63, 3.8) is 0 Å². The zero-order chi connectivity index (χ0) is 14.5. The third-order valence-electron chi connectivity index (χ3n) is 2.44. The highest BCUT2D eigenvalue weighted by Crippen LogP contribution is 2.15. The smallest absolute Gasteiger partial charge is 0.270 e. The quantitative estimate of drug-likeness (QED) is 0.736. The zero-order valence-electron chi connectivity index (χ0n) is 11.3. The van der Waals surface area contributed by atoms with Crippen molar-refractivity contribution in [2.24, 2.45) is 0 Å². The molecule has 6 nitrogen and oxygen atoms in total. The number of hydrogen-bond donors (Lipinski definition) is 3. The maximum absolute atomic E-state index is 11.8. The predicted octanol–water partition coefficient (Wildman–Crippen LogP) is 1.38. The Labute approximate surface area is 116 Å². The summed E-state index contributed by atoms with van der Waals surface area (Å²) in [4.78, 5) is 26.6. The molecular formula is C12H19N3O3S. The summed E-state index contributed by atoms with van der Waals surface area (Å²) in [7, 11) is 0. The van der Waals surface area contributed by atoms with Crippen LogP contribution in [0.3, 0.4) is 0 Å². The van der Waals surface area contributed by atoms with Gasteiger partial charge in [0.15, 0.2) is 5.13 Å². The second kappa shape index (κ2) is 6.63. The predicted molar refractivity (Wildman–Crippen MR) is 74.3 cm³/mol. The SMILES string of the molecule is CCCC(C)(O)CNC(=O)c1csc(NC(C)=O)n1. The molecule has 1 heterocycles. The van der Waals surface area contributed by atoms with E-state index in [9.17, 15) is 14.7 Å². The van der Waals surface area contributed by atoms with Gasteiger partial charge < -0.3 is 15.7 Å². The largest absolute Gasteiger partial charge is 0.388 e. The standard InChI is InChI=1S/C12H19N3O3S/c1-4-5-12(3,18)7-13-10(17)9-6-19-11(15-9)14-8(2)16/h6,18H,4-5,7H2,1-3H3,(H,13,17)(H,14,15,16). The van der Waals surface area contributed by atoms with Crippen molar-refractivity contribution < 1.29 is 14.7 Å². The van der Waals surface area contributed by atoms with Crippen LogP contribution < -0.4 is 10.6 Å². The molecule has 0 saturated carbocycles. The number of anilines is 1. The number of aliphatic hydroxyl groups is 1. The maximum Gasteiger partial charge on any atom is 0.270 e. The van der Waals surface area contributed by atoms with E-state index >= 15 is 0 Å². The number of nitrogens with zero attached hydrogens (tertiary/aromatic N) is 1. The molecule has 0 aromatic carbocycles. The Balaban J connectivity index is 2.54. The molecule has 1 aromatic heterocycles. The van der Waals surface area contributed by atoms with Gasteiger partial charge in [0.1, 0.15) is 5.69 Å². The number of hydrogen-bond acceptors (Lipinski definition) is 5. The van der Waals surface area contributed by atoms with Crippen LogP contribution in [-0.4, -0.2) is 34.1 Å². The molecule has 0 radical (unpaired) electrons. The Morgan fingerprint density at radius 2 is 2.21 bits per heavy atom. The van der Waals surface area contributed by atoms with Gasteiger partial charge in [-0.05, 0) is 13.3 Å². The van der Waals surface area contributed by atoms with Crippen molar-refractivity contribution in [1.29, 1.82) is 0 Å². The summed E-state index contributed by atoms with van der Waals surface area (Å²) in [5.74, 6) is -0.587. The average molecular weight is 285 g/mol. The van der Waals surface area contributed by atoms with Crippen LogP contribution in [0, 0.1) is 0 Å². The first-order valence-electron chi connectivity index (χ1n) is 6.08. The van der Waals surface area contributed by atoms with Gasteiger partial charge >= 0.3 is 0 Å². The Bertz CT molecular complexity index is 457. The summed E-state index contributed by atoms with van der Waals surface area (Å²) < 4.78 is 0. The van der Waals surface area contributed by atoms with Gasteiger partial charge in [0.25, 0.3) is 5.91 Å². The second-order valence-corrected chi connectivity index (χ2v) is 5.51. The van der Waals surface area contributed by atoms with Gasteiger partial charge in [-0.1, -0.05) is 13.3 Å². The molecule has 2 amide bonds. The Morgan fingerprint density at radius 1 is 1.53 bits per heavy atom. The van der Waals surface area contributed by atoms with Gasteiger partial charge in [-0.15, -0.1) is 11.3 Å². The zero-order valence-corrected chi connectivity index (χ0v) is 12.1. The Hall–Kier alpha value is -1.47. The molecule has 1 atom stereocenters. The normalized spacial score (nSPS) is 13.7. The number of carbonyl (C=O) groups is 2. The van der Waals surface area contributed by atoms with Crippen LogP contribution in [0.15, 0.2) is 5.38 Å². The van der Waals surface area contributed by atoms with Crippen molar-refractivity contribution in [3.8, 4) is 0 Å². The lowest BCUT2D eigenvalue weighted by molar-refractivity contribution is -0.114. The van der Waals surface area contributed by atoms with E-state index in [4.69, 9.17) is 0 Å². The van der Waals surface area contributed by atoms with Crippen LogP contribution in [0.4, 0.5) is 5.13 Å². The topological polar surface area (TPSA) is 91.3 Å². The number of carbonyl (C=O) groups excluding carboxylic acids is 2. The molecule has 1 rings (SSSR count). The summed E-state index contributed by atoms with van der Waals surface area (Å²) in [5, 5.41) is 17.0. The van der Waals surface area contributed by atoms with Gasteiger partial charge in [-0.25, -0.2) is 4.98 Å². The van der Waals surface area contributed by atoms with Crippen LogP contribution >= 0.6 is 11.3 Å². The molecule has 106 valence electrons. The number of nitrogens with one attached hydrogen (secondary N) is 2. The minimum atomic E-state index is -0.916. The molecule has 0 fully saturated rings. The first-order valence-corrected chi connectivity index (χ1v) is 6.95. The Morgan fingerprint density at radius 3 is 2.79 bits per heavy atom. The molecule has 1 aromatic rings. The molecule has 0 aliphatic carbocycles. The van der Waals surface area contributed by atoms with E-state index < -0.39 is 5.60 Å². The lowest BCUT2D eigenvalue weighted by Gasteiger charge is -2.22. The highest BCUT2D eigenvalue weighted by atomic mass is 32.1. The van der Waals surface area contributed by atoms with Crippen molar-refractivity contribution in [2.45, 2.75) is 39.2 Å². The fourth-order valence-electron chi connectivity index (χ4n) is 1.57. The first-order chi connectivity index (χ1) is 8.84. The van der Waals surface area contributed by atoms with Gasteiger partial charge in [0, 0.05) is 18.8 Å². The summed E-state index contributed by atoms with van der Waals surface area (Å²) >= 11 is 1.18. The number of rotatable bonds is 6. The molecule has 19 heavy (non-hydrogen) atoms. The molecule has 3 N–H and O–H groups in total. The van der Waals surface area contributed by atoms with E-state index in [2.05, 4.69) is 15.6 Å². The minimum absolute atomic E-state index is 0.173. The van der Waals surface area contributed by atoms with Crippen molar-refractivity contribution in [2.75, 3.05) is 11.9 Å². The van der Waals surface area contributed by atoms with E-state index in [1.165, 1.54) is 18.3 Å². The second-order valence-electron chi connectivity index (χ2n) is 4.65. The summed E-state index contributed by atoms with van der Waals surface area (Å²) in [6.45, 7) is 5.20. The van der Waals surface area contributed by atoms with Crippen LogP contribution in [0.1, 0.15) is 44.1 Å². The average Bonchev–Trinajstić information content (AvgIpc) is 2.73. The molecular weight excluding hydrogens is 266 g/mol. The molecule has 0 bridgehead atoms. The van der Waals surface area contributed by atoms with E-state index in [1.54, 1.807) is 12.3 Å². The molecule has 0 aliphatic rings. The van der Waals surface area contributed by atoms with Crippen LogP contribution in [-0.2, 0) is 4.79 Å². The number of aromatic nitrogens is 1. The highest BCUT2D eigenvalue weighted by molar-refractivity contribution is 7.14. The van der Waals surface area contributed by atoms with Gasteiger partial charge in [0.05, 0.1) is 5.60 Å². The van der Waals surface area contributed by atoms with E-state index in [0.29, 0.717) is 11.6 Å². The molecule has 1 unspecified atom stereocenters. The summed E-state index contributed by atoms with van der Waals surface area (Å²) in [6, 6.07) is 0. The van der Waals surface area contributed by atoms with Gasteiger partial charge in [-0.3, -0.25) is 9.59 Å². The molecule has 7 heteroatoms. The molecule has 0 saturated heterocycles. The Kier molecular flexibility index (Phi) is 5.44.